The number of hydrogen-bond acceptors (Lipinski definition) is 11. The van der Waals surface area contributed by atoms with Gasteiger partial charge < -0.3 is 42.5 Å². The van der Waals surface area contributed by atoms with Crippen molar-refractivity contribution in [3.63, 3.8) is 0 Å². The van der Waals surface area contributed by atoms with Crippen LogP contribution in [0.2, 0.25) is 10.3 Å². The van der Waals surface area contributed by atoms with Crippen molar-refractivity contribution in [1.82, 2.24) is 29.7 Å². The Bertz CT molecular complexity index is 3910. The number of Topliss-reactive ketones (excluding diaryl/α,β-unsaturated/α-hetero) is 2. The molecule has 105 heavy (non-hydrogen) atoms. The van der Waals surface area contributed by atoms with Crippen molar-refractivity contribution in [3.8, 4) is 5.88 Å². The van der Waals surface area contributed by atoms with Crippen LogP contribution in [-0.2, 0) is 33.6 Å². The van der Waals surface area contributed by atoms with E-state index in [9.17, 15) is 14.7 Å². The van der Waals surface area contributed by atoms with E-state index in [4.69, 9.17) is 66.6 Å². The second-order valence-corrected chi connectivity index (χ2v) is 38.1. The molecule has 10 atom stereocenters. The Morgan fingerprint density at radius 1 is 0.467 bits per heavy atom. The minimum Gasteiger partial charge on any atom is -0.470 e. The van der Waals surface area contributed by atoms with Gasteiger partial charge in [0, 0.05) is 165 Å². The van der Waals surface area contributed by atoms with E-state index in [1.807, 2.05) is 27.7 Å². The molecule has 4 aromatic rings. The SMILES string of the molecule is CCc1c(Cl)nc(C)c(C)c1C.Cc1nc2c(c(C)c1C)CC1(O2)C2CC3CC1CN(C3)C2.O=C1C2CC3CC1CN(C3)C2.[B].[B][N+]12CC3CC(C1)C(=O)C(C3)C2.[B][N+]12CC3CC(C1)C(O)(Cc1c(C)nc(C)c(C)c1C)C(C3)C2.[B][N+]12CC3CC(C1)C1(CO1)C(C3)C2.[CH2-]c1c(Cl)nc(C)c(C)c1C.[Li+]. The van der Waals surface area contributed by atoms with Crippen molar-refractivity contribution in [1.29, 1.82) is 0 Å². The average Bonchev–Trinajstić information content (AvgIpc) is 1.67. The van der Waals surface area contributed by atoms with Gasteiger partial charge >= 0.3 is 42.8 Å². The zero-order valence-electron chi connectivity index (χ0n) is 66.5. The third-order valence-corrected chi connectivity index (χ3v) is 31.5. The summed E-state index contributed by atoms with van der Waals surface area (Å²) in [5, 5.41) is 12.9. The molecular weight excluding hydrogens is 1340 g/mol. The molecule has 0 aromatic carbocycles. The van der Waals surface area contributed by atoms with Gasteiger partial charge in [-0.2, -0.15) is 12.5 Å². The summed E-state index contributed by atoms with van der Waals surface area (Å²) in [6.45, 7) is 51.1. The van der Waals surface area contributed by atoms with E-state index < -0.39 is 5.60 Å². The van der Waals surface area contributed by atoms with Gasteiger partial charge in [-0.3, -0.25) is 14.6 Å². The standard InChI is InChI=1S/C19H28BN2O.C18H24N2O.C10H15BNO.C10H14ClN.C9H13BNO.C9H11ClN.C9H13NO.B.Li/c1-11-12(2)18(14(4)21-13(11)3)7-19(23)16-5-15-6-17(19)10-22(20,8-15)9-16;1-10-11(2)16-6-18(21-17(16)19-12(10)3)14-4-13-5-15(18)9-20(7-13)8-14;11-12-3-7-1-8(4-12)10(6-13-10)9(2-7)5-12;1-5-9-7(3)6(2)8(4)12-10(9)11;10-11-3-6-1-7(4-11)9(12)8(2-6)5-11;1-5-6(2)8(4)11-9(10)7(5)3;11-9-7-1-6-2-8(9)5-10(3-6)4-7;;/h15-17,23H,5-10H2,1-4H3;13-15H,4-9H2,1-3H3;7-9H,1-6H2;5H2,1-4H3;6-8H,1-5H2;3H2,1-2,4H3;6-8H,1-5H2;;/q+1;;+1;;+1;-1;;;+1. The monoisotopic (exact) mass is 1450 g/mol. The van der Waals surface area contributed by atoms with Crippen LogP contribution in [0.1, 0.15) is 166 Å². The second kappa shape index (κ2) is 29.4. The van der Waals surface area contributed by atoms with Crippen LogP contribution in [0, 0.1) is 186 Å². The second-order valence-electron chi connectivity index (χ2n) is 37.4. The van der Waals surface area contributed by atoms with Gasteiger partial charge in [0.2, 0.25) is 5.88 Å². The first kappa shape index (κ1) is 79.8. The van der Waals surface area contributed by atoms with E-state index in [1.165, 1.54) is 140 Å². The smallest absolute Gasteiger partial charge is 0.470 e. The van der Waals surface area contributed by atoms with Crippen LogP contribution in [0.4, 0.5) is 0 Å². The number of carbonyl (C=O) groups is 2. The Hall–Kier alpha value is -3.23. The number of nitrogens with zero attached hydrogens (tertiary/aromatic N) is 9. The van der Waals surface area contributed by atoms with Crippen molar-refractivity contribution in [2.45, 2.75) is 197 Å². The third kappa shape index (κ3) is 14.6. The van der Waals surface area contributed by atoms with E-state index in [0.29, 0.717) is 71.8 Å². The quantitative estimate of drug-likeness (QED) is 0.0917. The summed E-state index contributed by atoms with van der Waals surface area (Å²) in [7, 11) is 19.1. The topological polar surface area (TPSA) is 134 Å². The molecule has 10 unspecified atom stereocenters. The molecule has 26 rings (SSSR count). The van der Waals surface area contributed by atoms with Crippen LogP contribution < -0.4 is 23.6 Å². The van der Waals surface area contributed by atoms with E-state index in [0.717, 1.165) is 207 Å². The molecule has 21 heteroatoms. The number of ketones is 2. The number of pyridine rings is 4. The van der Waals surface area contributed by atoms with Gasteiger partial charge in [0.05, 0.1) is 82.9 Å². The Morgan fingerprint density at radius 3 is 1.35 bits per heavy atom. The number of aryl methyl sites for hydroxylation is 5. The molecule has 22 aliphatic rings. The maximum Gasteiger partial charge on any atom is 1.00 e. The predicted octanol–water partition coefficient (Wildman–Crippen LogP) is 8.48. The summed E-state index contributed by atoms with van der Waals surface area (Å²) >= 11 is 11.8. The maximum absolute atomic E-state index is 11.7. The number of rotatable bonds is 3. The third-order valence-electron chi connectivity index (χ3n) is 30.9. The first-order chi connectivity index (χ1) is 48.6. The number of aromatic nitrogens is 4. The molecule has 5 saturated carbocycles. The Kier molecular flexibility index (Phi) is 22.3. The van der Waals surface area contributed by atoms with Gasteiger partial charge in [-0.15, -0.1) is 17.2 Å². The van der Waals surface area contributed by atoms with Crippen LogP contribution in [0.25, 0.3) is 0 Å². The van der Waals surface area contributed by atoms with E-state index in [2.05, 4.69) is 95.9 Å². The number of aliphatic hydroxyl groups is 1. The first-order valence-electron chi connectivity index (χ1n) is 40.1. The maximum atomic E-state index is 11.7. The summed E-state index contributed by atoms with van der Waals surface area (Å²) in [6, 6.07) is 0. The van der Waals surface area contributed by atoms with Crippen LogP contribution in [0.5, 0.6) is 5.88 Å². The zero-order chi connectivity index (χ0) is 73.3. The largest absolute Gasteiger partial charge is 1.00 e. The Morgan fingerprint density at radius 2 is 0.867 bits per heavy atom. The van der Waals surface area contributed by atoms with E-state index >= 15 is 0 Å². The molecule has 16 saturated heterocycles. The van der Waals surface area contributed by atoms with Crippen molar-refractivity contribution < 1.29 is 56.2 Å². The minimum absolute atomic E-state index is 0. The fourth-order valence-corrected chi connectivity index (χ4v) is 25.6. The molecule has 5 aliphatic carbocycles. The molecule has 17 aliphatic heterocycles. The van der Waals surface area contributed by atoms with Gasteiger partial charge in [0.15, 0.2) is 0 Å². The van der Waals surface area contributed by atoms with Crippen LogP contribution in [0.15, 0.2) is 0 Å². The number of quaternary nitrogens is 3. The van der Waals surface area contributed by atoms with Crippen molar-refractivity contribution >= 4 is 67.1 Å². The minimum atomic E-state index is -0.586. The first-order valence-corrected chi connectivity index (χ1v) is 40.8. The molecule has 1 N–H and O–H groups in total. The van der Waals surface area contributed by atoms with Gasteiger partial charge in [-0.05, 0) is 210 Å². The normalized spacial score (nSPS) is 40.3. The van der Waals surface area contributed by atoms with Gasteiger partial charge in [-0.25, -0.2) is 9.97 Å². The molecule has 21 heterocycles. The Labute approximate surface area is 657 Å². The van der Waals surface area contributed by atoms with Crippen LogP contribution >= 0.6 is 23.2 Å². The van der Waals surface area contributed by atoms with Crippen LogP contribution in [0.3, 0.4) is 0 Å². The summed E-state index contributed by atoms with van der Waals surface area (Å²) in [5.41, 5.74) is 20.1. The fraction of sp³-hybridized carbons (Fsp3) is 0.726. The van der Waals surface area contributed by atoms with Gasteiger partial charge in [-0.1, -0.05) is 31.0 Å². The summed E-state index contributed by atoms with van der Waals surface area (Å²) < 4.78 is 14.7. The molecule has 4 aromatic heterocycles. The summed E-state index contributed by atoms with van der Waals surface area (Å²) in [6.07, 6.45) is 15.3. The molecular formula is C84H118B4Cl2LiN9O5+3. The van der Waals surface area contributed by atoms with Crippen molar-refractivity contribution in [3.05, 3.63) is 112 Å². The molecule has 14 nitrogen and oxygen atoms in total. The molecule has 553 valence electrons. The number of piperidine rings is 15. The van der Waals surface area contributed by atoms with E-state index in [-0.39, 0.29) is 32.9 Å². The molecule has 0 amide bonds. The summed E-state index contributed by atoms with van der Waals surface area (Å²) in [4.78, 5) is 46.3. The Balaban J connectivity index is 0.000000111. The summed E-state index contributed by atoms with van der Waals surface area (Å²) in [5.74, 6) is 11.5. The zero-order valence-corrected chi connectivity index (χ0v) is 68.1. The van der Waals surface area contributed by atoms with Gasteiger partial charge in [0.25, 0.3) is 0 Å². The molecule has 20 bridgehead atoms. The van der Waals surface area contributed by atoms with Crippen LogP contribution in [-0.4, -0.2) is 214 Å². The number of carbonyl (C=O) groups excluding carboxylic acids is 2. The number of fused-ring (bicyclic) bond motifs is 1. The van der Waals surface area contributed by atoms with Crippen molar-refractivity contribution in [2.75, 3.05) is 105 Å². The van der Waals surface area contributed by atoms with E-state index in [1.54, 1.807) is 0 Å². The molecule has 9 radical (unpaired) electrons. The fourth-order valence-electron chi connectivity index (χ4n) is 25.0. The number of hydrogen-bond donors (Lipinski definition) is 1. The molecule has 2 spiro atoms. The van der Waals surface area contributed by atoms with Crippen molar-refractivity contribution in [2.24, 2.45) is 88.8 Å². The predicted molar refractivity (Wildman–Crippen MR) is 416 cm³/mol. The number of epoxide rings is 1. The average molecular weight is 1460 g/mol. The number of halogens is 2. The molecule has 21 fully saturated rings. The number of ether oxygens (including phenoxy) is 2. The van der Waals surface area contributed by atoms with Gasteiger partial charge in [0.1, 0.15) is 27.9 Å².